The summed E-state index contributed by atoms with van der Waals surface area (Å²) in [6.45, 7) is 3.17. The number of hydrogen-bond donors (Lipinski definition) is 1. The number of rotatable bonds is 12. The third-order valence-corrected chi connectivity index (χ3v) is 8.92. The van der Waals surface area contributed by atoms with Crippen LogP contribution in [0, 0.1) is 12.7 Å². The molecule has 0 heterocycles. The summed E-state index contributed by atoms with van der Waals surface area (Å²) in [4.78, 5) is 29.0. The molecule has 1 atom stereocenters. The number of sulfonamides is 1. The standard InChI is InChI=1S/C33H33ClFN3O4S/c1-3-36-33(40)31(21-25-9-5-4-6-10-25)37(22-26-15-17-27(34)18-16-26)32(39)23-38(30-12-8-7-11-29(30)35)43(41,42)28-19-13-24(2)14-20-28/h4-20,31H,3,21-23H2,1-2H3,(H,36,40)/t31-/m1/s1. The molecule has 0 fully saturated rings. The maximum atomic E-state index is 15.2. The number of halogens is 2. The summed E-state index contributed by atoms with van der Waals surface area (Å²) < 4.78 is 43.8. The molecule has 224 valence electrons. The van der Waals surface area contributed by atoms with Gasteiger partial charge in [-0.1, -0.05) is 83.9 Å². The van der Waals surface area contributed by atoms with Crippen LogP contribution in [0.15, 0.2) is 108 Å². The molecule has 0 radical (unpaired) electrons. The zero-order valence-corrected chi connectivity index (χ0v) is 25.5. The largest absolute Gasteiger partial charge is 0.355 e. The van der Waals surface area contributed by atoms with Crippen LogP contribution in [-0.4, -0.2) is 44.3 Å². The van der Waals surface area contributed by atoms with Crippen molar-refractivity contribution in [3.8, 4) is 0 Å². The normalized spacial score (nSPS) is 11.9. The molecule has 0 aliphatic heterocycles. The van der Waals surface area contributed by atoms with Gasteiger partial charge in [0.2, 0.25) is 11.8 Å². The van der Waals surface area contributed by atoms with Crippen LogP contribution in [0.25, 0.3) is 0 Å². The van der Waals surface area contributed by atoms with E-state index < -0.39 is 40.2 Å². The molecule has 0 aliphatic carbocycles. The van der Waals surface area contributed by atoms with E-state index >= 15 is 4.39 Å². The van der Waals surface area contributed by atoms with Gasteiger partial charge in [0.1, 0.15) is 18.4 Å². The number of anilines is 1. The molecule has 0 aliphatic rings. The Hall–Kier alpha value is -4.21. The molecule has 4 rings (SSSR count). The van der Waals surface area contributed by atoms with E-state index in [-0.39, 0.29) is 23.5 Å². The van der Waals surface area contributed by atoms with E-state index in [1.54, 1.807) is 43.3 Å². The molecule has 10 heteroatoms. The van der Waals surface area contributed by atoms with Crippen LogP contribution in [0.4, 0.5) is 10.1 Å². The first kappa shape index (κ1) is 31.7. The number of amides is 2. The van der Waals surface area contributed by atoms with Crippen LogP contribution in [0.1, 0.15) is 23.6 Å². The minimum Gasteiger partial charge on any atom is -0.355 e. The van der Waals surface area contributed by atoms with Gasteiger partial charge in [0.15, 0.2) is 0 Å². The molecular formula is C33H33ClFN3O4S. The van der Waals surface area contributed by atoms with E-state index in [1.807, 2.05) is 37.3 Å². The highest BCUT2D eigenvalue weighted by Gasteiger charge is 2.35. The number of para-hydroxylation sites is 1. The van der Waals surface area contributed by atoms with E-state index in [4.69, 9.17) is 11.6 Å². The Kier molecular flexibility index (Phi) is 10.6. The Labute approximate surface area is 257 Å². The van der Waals surface area contributed by atoms with Crippen molar-refractivity contribution in [1.82, 2.24) is 10.2 Å². The number of carbonyl (C=O) groups is 2. The molecule has 0 bridgehead atoms. The van der Waals surface area contributed by atoms with E-state index in [9.17, 15) is 18.0 Å². The van der Waals surface area contributed by atoms with Crippen LogP contribution < -0.4 is 9.62 Å². The fraction of sp³-hybridized carbons (Fsp3) is 0.212. The average Bonchev–Trinajstić information content (AvgIpc) is 3.00. The minimum atomic E-state index is -4.39. The summed E-state index contributed by atoms with van der Waals surface area (Å²) >= 11 is 6.09. The van der Waals surface area contributed by atoms with Gasteiger partial charge in [0.25, 0.3) is 10.0 Å². The highest BCUT2D eigenvalue weighted by atomic mass is 35.5. The lowest BCUT2D eigenvalue weighted by Gasteiger charge is -2.34. The molecule has 0 aromatic heterocycles. The zero-order chi connectivity index (χ0) is 31.0. The second-order valence-corrected chi connectivity index (χ2v) is 12.3. The summed E-state index contributed by atoms with van der Waals surface area (Å²) in [5, 5.41) is 3.31. The molecule has 4 aromatic rings. The van der Waals surface area contributed by atoms with Gasteiger partial charge in [0, 0.05) is 24.5 Å². The van der Waals surface area contributed by atoms with E-state index in [2.05, 4.69) is 5.32 Å². The van der Waals surface area contributed by atoms with Gasteiger partial charge < -0.3 is 10.2 Å². The first-order valence-electron chi connectivity index (χ1n) is 13.8. The quantitative estimate of drug-likeness (QED) is 0.218. The predicted molar refractivity (Wildman–Crippen MR) is 167 cm³/mol. The zero-order valence-electron chi connectivity index (χ0n) is 23.9. The third kappa shape index (κ3) is 8.00. The summed E-state index contributed by atoms with van der Waals surface area (Å²) in [7, 11) is -4.39. The SMILES string of the molecule is CCNC(=O)[C@@H](Cc1ccccc1)N(Cc1ccc(Cl)cc1)C(=O)CN(c1ccccc1F)S(=O)(=O)c1ccc(C)cc1. The summed E-state index contributed by atoms with van der Waals surface area (Å²) in [6, 6.07) is 26.5. The van der Waals surface area contributed by atoms with Crippen molar-refractivity contribution >= 4 is 39.1 Å². The second kappa shape index (κ2) is 14.3. The average molecular weight is 622 g/mol. The number of nitrogens with zero attached hydrogens (tertiary/aromatic N) is 2. The van der Waals surface area contributed by atoms with Crippen LogP contribution in [0.5, 0.6) is 0 Å². The Morgan fingerprint density at radius 3 is 2.12 bits per heavy atom. The number of likely N-dealkylation sites (N-methyl/N-ethyl adjacent to an activating group) is 1. The van der Waals surface area contributed by atoms with Gasteiger partial charge in [-0.15, -0.1) is 0 Å². The van der Waals surface area contributed by atoms with Crippen molar-refractivity contribution in [1.29, 1.82) is 0 Å². The Bertz CT molecular complexity index is 1650. The molecular weight excluding hydrogens is 589 g/mol. The smallest absolute Gasteiger partial charge is 0.264 e. The molecule has 4 aromatic carbocycles. The maximum Gasteiger partial charge on any atom is 0.264 e. The Balaban J connectivity index is 1.80. The lowest BCUT2D eigenvalue weighted by Crippen LogP contribution is -2.53. The topological polar surface area (TPSA) is 86.8 Å². The monoisotopic (exact) mass is 621 g/mol. The van der Waals surface area contributed by atoms with E-state index in [1.165, 1.54) is 35.2 Å². The second-order valence-electron chi connectivity index (χ2n) is 10.0. The van der Waals surface area contributed by atoms with Crippen molar-refractivity contribution < 1.29 is 22.4 Å². The van der Waals surface area contributed by atoms with Gasteiger partial charge in [-0.2, -0.15) is 0 Å². The summed E-state index contributed by atoms with van der Waals surface area (Å²) in [6.07, 6.45) is 0.177. The van der Waals surface area contributed by atoms with Crippen LogP contribution in [-0.2, 0) is 32.6 Å². The number of aryl methyl sites for hydroxylation is 1. The molecule has 0 spiro atoms. The van der Waals surface area contributed by atoms with Crippen molar-refractivity contribution in [2.45, 2.75) is 37.8 Å². The third-order valence-electron chi connectivity index (χ3n) is 6.90. The molecule has 2 amide bonds. The Morgan fingerprint density at radius 1 is 0.860 bits per heavy atom. The maximum absolute atomic E-state index is 15.2. The van der Waals surface area contributed by atoms with Gasteiger partial charge in [-0.3, -0.25) is 13.9 Å². The van der Waals surface area contributed by atoms with E-state index in [0.717, 1.165) is 21.5 Å². The molecule has 43 heavy (non-hydrogen) atoms. The highest BCUT2D eigenvalue weighted by Crippen LogP contribution is 2.27. The summed E-state index contributed by atoms with van der Waals surface area (Å²) in [5.41, 5.74) is 2.05. The number of hydrogen-bond acceptors (Lipinski definition) is 4. The predicted octanol–water partition coefficient (Wildman–Crippen LogP) is 5.76. The van der Waals surface area contributed by atoms with Gasteiger partial charge >= 0.3 is 0 Å². The summed E-state index contributed by atoms with van der Waals surface area (Å²) in [5.74, 6) is -1.88. The lowest BCUT2D eigenvalue weighted by molar-refractivity contribution is -0.140. The fourth-order valence-corrected chi connectivity index (χ4v) is 6.19. The molecule has 1 N–H and O–H groups in total. The minimum absolute atomic E-state index is 0.0136. The molecule has 0 saturated heterocycles. The first-order valence-corrected chi connectivity index (χ1v) is 15.6. The van der Waals surface area contributed by atoms with Gasteiger partial charge in [-0.25, -0.2) is 12.8 Å². The highest BCUT2D eigenvalue weighted by molar-refractivity contribution is 7.92. The number of nitrogens with one attached hydrogen (secondary N) is 1. The van der Waals surface area contributed by atoms with Crippen LogP contribution >= 0.6 is 11.6 Å². The van der Waals surface area contributed by atoms with Gasteiger partial charge in [-0.05, 0) is 61.4 Å². The van der Waals surface area contributed by atoms with Crippen molar-refractivity contribution in [2.75, 3.05) is 17.4 Å². The van der Waals surface area contributed by atoms with Crippen LogP contribution in [0.3, 0.4) is 0 Å². The molecule has 7 nitrogen and oxygen atoms in total. The van der Waals surface area contributed by atoms with Crippen molar-refractivity contribution in [3.05, 3.63) is 131 Å². The van der Waals surface area contributed by atoms with E-state index in [0.29, 0.717) is 17.1 Å². The lowest BCUT2D eigenvalue weighted by atomic mass is 10.0. The van der Waals surface area contributed by atoms with Crippen molar-refractivity contribution in [3.63, 3.8) is 0 Å². The molecule has 0 saturated carbocycles. The number of carbonyl (C=O) groups excluding carboxylic acids is 2. The van der Waals surface area contributed by atoms with Gasteiger partial charge in [0.05, 0.1) is 10.6 Å². The fourth-order valence-electron chi connectivity index (χ4n) is 4.64. The van der Waals surface area contributed by atoms with Crippen molar-refractivity contribution in [2.24, 2.45) is 0 Å². The number of benzene rings is 4. The van der Waals surface area contributed by atoms with Crippen LogP contribution in [0.2, 0.25) is 5.02 Å². The Morgan fingerprint density at radius 2 is 1.49 bits per heavy atom. The molecule has 0 unspecified atom stereocenters. The first-order chi connectivity index (χ1) is 20.6.